The molecule has 1 aromatic carbocycles. The van der Waals surface area contributed by atoms with Gasteiger partial charge in [-0.1, -0.05) is 48.0 Å². The van der Waals surface area contributed by atoms with Gasteiger partial charge in [0.1, 0.15) is 11.6 Å². The van der Waals surface area contributed by atoms with Crippen molar-refractivity contribution in [2.45, 2.75) is 44.9 Å². The fourth-order valence-corrected chi connectivity index (χ4v) is 2.48. The summed E-state index contributed by atoms with van der Waals surface area (Å²) in [5.74, 6) is 0.335. The molecule has 0 aliphatic rings. The molecule has 0 atom stereocenters. The molecule has 0 N–H and O–H groups in total. The van der Waals surface area contributed by atoms with Gasteiger partial charge in [0.05, 0.1) is 11.1 Å². The third-order valence-corrected chi connectivity index (χ3v) is 4.14. The maximum absolute atomic E-state index is 13.2. The van der Waals surface area contributed by atoms with Crippen LogP contribution in [0.3, 0.4) is 0 Å². The van der Waals surface area contributed by atoms with Gasteiger partial charge in [-0.2, -0.15) is 0 Å². The van der Waals surface area contributed by atoms with Crippen molar-refractivity contribution in [2.24, 2.45) is 0 Å². The summed E-state index contributed by atoms with van der Waals surface area (Å²) in [7, 11) is 0. The van der Waals surface area contributed by atoms with Crippen molar-refractivity contribution >= 4 is 31.9 Å². The average Bonchev–Trinajstić information content (AvgIpc) is 2.41. The Morgan fingerprint density at radius 1 is 0.947 bits per heavy atom. The molecule has 0 unspecified atom stereocenters. The molecular formula is C15H21Br2FO. The van der Waals surface area contributed by atoms with Gasteiger partial charge in [0.2, 0.25) is 0 Å². The van der Waals surface area contributed by atoms with E-state index >= 15 is 0 Å². The Hall–Kier alpha value is -0.0900. The van der Waals surface area contributed by atoms with Crippen LogP contribution in [0.25, 0.3) is 0 Å². The Morgan fingerprint density at radius 2 is 1.58 bits per heavy atom. The molecule has 108 valence electrons. The number of hydrogen-bond acceptors (Lipinski definition) is 1. The number of unbranched alkanes of at least 4 members (excludes halogenated alkanes) is 6. The predicted molar refractivity (Wildman–Crippen MR) is 85.7 cm³/mol. The van der Waals surface area contributed by atoms with Crippen LogP contribution >= 0.6 is 31.9 Å². The van der Waals surface area contributed by atoms with E-state index in [0.717, 1.165) is 11.8 Å². The first kappa shape index (κ1) is 17.0. The standard InChI is InChI=1S/C15H21Br2FO/c16-10-6-4-2-1-3-5-7-11-19-13-8-9-14(17)15(18)12-13/h8-9,12H,1-7,10-11H2. The highest BCUT2D eigenvalue weighted by Crippen LogP contribution is 2.21. The van der Waals surface area contributed by atoms with Crippen LogP contribution in [0, 0.1) is 5.82 Å². The topological polar surface area (TPSA) is 9.23 Å². The number of benzene rings is 1. The van der Waals surface area contributed by atoms with E-state index in [-0.39, 0.29) is 5.82 Å². The van der Waals surface area contributed by atoms with Gasteiger partial charge in [-0.3, -0.25) is 0 Å². The molecule has 0 aliphatic carbocycles. The highest BCUT2D eigenvalue weighted by atomic mass is 79.9. The zero-order chi connectivity index (χ0) is 13.9. The quantitative estimate of drug-likeness (QED) is 0.344. The van der Waals surface area contributed by atoms with Crippen LogP contribution in [0.4, 0.5) is 4.39 Å². The Labute approximate surface area is 132 Å². The van der Waals surface area contributed by atoms with Crippen LogP contribution in [0.5, 0.6) is 5.75 Å². The van der Waals surface area contributed by atoms with Crippen molar-refractivity contribution in [3.8, 4) is 5.75 Å². The van der Waals surface area contributed by atoms with Crippen LogP contribution < -0.4 is 4.74 Å². The second-order valence-corrected chi connectivity index (χ2v) is 6.24. The molecule has 0 aromatic heterocycles. The van der Waals surface area contributed by atoms with E-state index < -0.39 is 0 Å². The van der Waals surface area contributed by atoms with Gasteiger partial charge in [0.25, 0.3) is 0 Å². The normalized spacial score (nSPS) is 10.7. The highest BCUT2D eigenvalue weighted by molar-refractivity contribution is 9.10. The predicted octanol–water partition coefficient (Wildman–Crippen LogP) is 6.09. The summed E-state index contributed by atoms with van der Waals surface area (Å²) in [6, 6.07) is 4.88. The van der Waals surface area contributed by atoms with Crippen LogP contribution in [-0.2, 0) is 0 Å². The first-order valence-electron chi connectivity index (χ1n) is 6.88. The fourth-order valence-electron chi connectivity index (χ4n) is 1.84. The number of alkyl halides is 1. The third-order valence-electron chi connectivity index (χ3n) is 2.94. The molecule has 0 aliphatic heterocycles. The number of hydrogen-bond donors (Lipinski definition) is 0. The third kappa shape index (κ3) is 7.93. The van der Waals surface area contributed by atoms with Crippen LogP contribution in [0.15, 0.2) is 22.7 Å². The monoisotopic (exact) mass is 394 g/mol. The van der Waals surface area contributed by atoms with Gasteiger partial charge in [0, 0.05) is 11.4 Å². The molecule has 1 aromatic rings. The molecule has 0 amide bonds. The molecule has 0 saturated heterocycles. The molecule has 0 heterocycles. The van der Waals surface area contributed by atoms with E-state index in [1.165, 1.54) is 44.6 Å². The van der Waals surface area contributed by atoms with Gasteiger partial charge in [-0.05, 0) is 40.9 Å². The lowest BCUT2D eigenvalue weighted by Gasteiger charge is -2.06. The van der Waals surface area contributed by atoms with Crippen molar-refractivity contribution in [2.75, 3.05) is 11.9 Å². The van der Waals surface area contributed by atoms with Crippen molar-refractivity contribution in [1.29, 1.82) is 0 Å². The molecule has 4 heteroatoms. The number of rotatable bonds is 10. The Balaban J connectivity index is 2.00. The van der Waals surface area contributed by atoms with Gasteiger partial charge in [-0.25, -0.2) is 4.39 Å². The minimum Gasteiger partial charge on any atom is -0.493 e. The average molecular weight is 396 g/mol. The van der Waals surface area contributed by atoms with Crippen molar-refractivity contribution in [1.82, 2.24) is 0 Å². The molecule has 0 spiro atoms. The van der Waals surface area contributed by atoms with E-state index in [1.807, 2.05) is 0 Å². The first-order valence-corrected chi connectivity index (χ1v) is 8.79. The highest BCUT2D eigenvalue weighted by Gasteiger charge is 2.01. The Kier molecular flexibility index (Phi) is 9.52. The zero-order valence-corrected chi connectivity index (χ0v) is 14.3. The second-order valence-electron chi connectivity index (χ2n) is 4.59. The molecule has 19 heavy (non-hydrogen) atoms. The first-order chi connectivity index (χ1) is 9.24. The van der Waals surface area contributed by atoms with Crippen LogP contribution in [0.2, 0.25) is 0 Å². The maximum Gasteiger partial charge on any atom is 0.141 e. The van der Waals surface area contributed by atoms with Gasteiger partial charge >= 0.3 is 0 Å². The lowest BCUT2D eigenvalue weighted by atomic mass is 10.1. The summed E-state index contributed by atoms with van der Waals surface area (Å²) in [6.45, 7) is 0.669. The molecule has 0 fully saturated rings. The summed E-state index contributed by atoms with van der Waals surface area (Å²) >= 11 is 6.56. The summed E-state index contributed by atoms with van der Waals surface area (Å²) in [6.07, 6.45) is 8.71. The molecular weight excluding hydrogens is 375 g/mol. The minimum atomic E-state index is -0.274. The minimum absolute atomic E-state index is 0.274. The molecule has 0 radical (unpaired) electrons. The Morgan fingerprint density at radius 3 is 2.21 bits per heavy atom. The van der Waals surface area contributed by atoms with Crippen LogP contribution in [0.1, 0.15) is 44.9 Å². The van der Waals surface area contributed by atoms with E-state index in [2.05, 4.69) is 31.9 Å². The van der Waals surface area contributed by atoms with Gasteiger partial charge in [0.15, 0.2) is 0 Å². The molecule has 1 rings (SSSR count). The lowest BCUT2D eigenvalue weighted by molar-refractivity contribution is 0.302. The van der Waals surface area contributed by atoms with Crippen molar-refractivity contribution < 1.29 is 9.13 Å². The fraction of sp³-hybridized carbons (Fsp3) is 0.600. The van der Waals surface area contributed by atoms with Gasteiger partial charge < -0.3 is 4.74 Å². The van der Waals surface area contributed by atoms with E-state index in [1.54, 1.807) is 12.1 Å². The molecule has 1 nitrogen and oxygen atoms in total. The number of halogens is 3. The zero-order valence-electron chi connectivity index (χ0n) is 11.1. The van der Waals surface area contributed by atoms with E-state index in [9.17, 15) is 4.39 Å². The van der Waals surface area contributed by atoms with Crippen molar-refractivity contribution in [3.05, 3.63) is 28.5 Å². The smallest absolute Gasteiger partial charge is 0.141 e. The summed E-state index contributed by atoms with van der Waals surface area (Å²) in [5.41, 5.74) is 0. The maximum atomic E-state index is 13.2. The summed E-state index contributed by atoms with van der Waals surface area (Å²) in [5, 5.41) is 1.12. The largest absolute Gasteiger partial charge is 0.493 e. The second kappa shape index (κ2) is 10.7. The molecule has 0 bridgehead atoms. The van der Waals surface area contributed by atoms with Gasteiger partial charge in [-0.15, -0.1) is 0 Å². The van der Waals surface area contributed by atoms with E-state index in [4.69, 9.17) is 4.74 Å². The summed E-state index contributed by atoms with van der Waals surface area (Å²) in [4.78, 5) is 0. The number of ether oxygens (including phenoxy) is 1. The Bertz CT molecular complexity index is 358. The van der Waals surface area contributed by atoms with Crippen LogP contribution in [-0.4, -0.2) is 11.9 Å². The van der Waals surface area contributed by atoms with E-state index in [0.29, 0.717) is 16.8 Å². The van der Waals surface area contributed by atoms with Crippen molar-refractivity contribution in [3.63, 3.8) is 0 Å². The summed E-state index contributed by atoms with van der Waals surface area (Å²) < 4.78 is 19.2. The lowest BCUT2D eigenvalue weighted by Crippen LogP contribution is -1.97. The molecule has 0 saturated carbocycles. The SMILES string of the molecule is Fc1cc(OCCCCCCCCCBr)ccc1Br.